The number of carbonyl (C=O) groups excluding carboxylic acids is 1. The summed E-state index contributed by atoms with van der Waals surface area (Å²) in [6, 6.07) is 15.5. The number of ether oxygens (including phenoxy) is 1. The summed E-state index contributed by atoms with van der Waals surface area (Å²) in [4.78, 5) is 25.9. The third-order valence-corrected chi connectivity index (χ3v) is 6.23. The van der Waals surface area contributed by atoms with Crippen molar-refractivity contribution in [2.75, 3.05) is 34.3 Å². The fourth-order valence-corrected chi connectivity index (χ4v) is 4.49. The van der Waals surface area contributed by atoms with Crippen LogP contribution in [0.3, 0.4) is 0 Å². The first-order valence-electron chi connectivity index (χ1n) is 9.93. The van der Waals surface area contributed by atoms with Crippen molar-refractivity contribution in [2.45, 2.75) is 24.4 Å². The van der Waals surface area contributed by atoms with Gasteiger partial charge in [0.15, 0.2) is 0 Å². The van der Waals surface area contributed by atoms with Crippen molar-refractivity contribution in [3.05, 3.63) is 59.7 Å². The second-order valence-electron chi connectivity index (χ2n) is 8.82. The molecule has 1 heterocycles. The van der Waals surface area contributed by atoms with Gasteiger partial charge in [-0.1, -0.05) is 48.5 Å². The summed E-state index contributed by atoms with van der Waals surface area (Å²) in [5.41, 5.74) is 4.61. The lowest BCUT2D eigenvalue weighted by atomic mass is 9.98. The maximum Gasteiger partial charge on any atom is 0.410 e. The summed E-state index contributed by atoms with van der Waals surface area (Å²) < 4.78 is 6.29. The van der Waals surface area contributed by atoms with Crippen molar-refractivity contribution in [2.24, 2.45) is 0 Å². The number of benzene rings is 2. The van der Waals surface area contributed by atoms with Crippen molar-refractivity contribution >= 4 is 12.1 Å². The van der Waals surface area contributed by atoms with Gasteiger partial charge in [0.2, 0.25) is 0 Å². The molecule has 29 heavy (non-hydrogen) atoms. The molecular weight excluding hydrogens is 368 g/mol. The van der Waals surface area contributed by atoms with Crippen molar-refractivity contribution in [3.8, 4) is 11.1 Å². The molecule has 2 aromatic carbocycles. The molecule has 0 saturated carbocycles. The number of carboxylic acid groups (broad SMARTS) is 1. The molecule has 1 N–H and O–H groups in total. The SMILES string of the molecule is C[N+](C)(C)[C@H]1C[C@H](C(=O)O)N(C(=O)OCC2c3ccccc3-c3ccccc32)C1. The lowest BCUT2D eigenvalue weighted by Crippen LogP contribution is -2.47. The number of carbonyl (C=O) groups is 2. The Bertz CT molecular complexity index is 904. The van der Waals surface area contributed by atoms with Crippen molar-refractivity contribution < 1.29 is 23.9 Å². The zero-order chi connectivity index (χ0) is 20.8. The highest BCUT2D eigenvalue weighted by molar-refractivity contribution is 5.81. The minimum atomic E-state index is -0.977. The molecule has 0 radical (unpaired) electrons. The number of nitrogens with zero attached hydrogens (tertiary/aromatic N) is 2. The average Bonchev–Trinajstić information content (AvgIpc) is 3.27. The van der Waals surface area contributed by atoms with Gasteiger partial charge in [-0.2, -0.15) is 0 Å². The zero-order valence-electron chi connectivity index (χ0n) is 17.0. The number of rotatable bonds is 4. The number of hydrogen-bond donors (Lipinski definition) is 1. The third kappa shape index (κ3) is 3.49. The van der Waals surface area contributed by atoms with E-state index in [1.807, 2.05) is 45.4 Å². The lowest BCUT2D eigenvalue weighted by Gasteiger charge is -2.31. The molecule has 1 amide bonds. The van der Waals surface area contributed by atoms with Gasteiger partial charge in [-0.25, -0.2) is 9.59 Å². The molecular formula is C23H27N2O4+. The highest BCUT2D eigenvalue weighted by Crippen LogP contribution is 2.44. The average molecular weight is 395 g/mol. The Labute approximate surface area is 170 Å². The molecule has 0 bridgehead atoms. The Morgan fingerprint density at radius 3 is 2.10 bits per heavy atom. The minimum absolute atomic E-state index is 0.0357. The van der Waals surface area contributed by atoms with Crippen LogP contribution in [0.25, 0.3) is 11.1 Å². The molecule has 0 spiro atoms. The highest BCUT2D eigenvalue weighted by atomic mass is 16.6. The largest absolute Gasteiger partial charge is 0.480 e. The quantitative estimate of drug-likeness (QED) is 0.808. The van der Waals surface area contributed by atoms with Crippen LogP contribution < -0.4 is 0 Å². The number of carboxylic acids is 1. The molecule has 2 atom stereocenters. The predicted molar refractivity (Wildman–Crippen MR) is 110 cm³/mol. The monoisotopic (exact) mass is 395 g/mol. The Morgan fingerprint density at radius 1 is 1.03 bits per heavy atom. The van der Waals surface area contributed by atoms with Gasteiger partial charge in [-0.05, 0) is 22.3 Å². The summed E-state index contributed by atoms with van der Waals surface area (Å²) in [6.45, 7) is 0.585. The van der Waals surface area contributed by atoms with Crippen LogP contribution >= 0.6 is 0 Å². The van der Waals surface area contributed by atoms with Crippen molar-refractivity contribution in [1.82, 2.24) is 4.90 Å². The number of likely N-dealkylation sites (tertiary alicyclic amines) is 1. The topological polar surface area (TPSA) is 66.8 Å². The van der Waals surface area contributed by atoms with Gasteiger partial charge >= 0.3 is 12.1 Å². The molecule has 2 aliphatic rings. The number of hydrogen-bond acceptors (Lipinski definition) is 3. The first-order valence-corrected chi connectivity index (χ1v) is 9.93. The number of quaternary nitrogens is 1. The third-order valence-electron chi connectivity index (χ3n) is 6.23. The van der Waals surface area contributed by atoms with E-state index in [0.29, 0.717) is 17.4 Å². The van der Waals surface area contributed by atoms with E-state index >= 15 is 0 Å². The first kappa shape index (κ1) is 19.5. The maximum absolute atomic E-state index is 12.8. The lowest BCUT2D eigenvalue weighted by molar-refractivity contribution is -0.893. The van der Waals surface area contributed by atoms with Gasteiger partial charge in [0.05, 0.1) is 27.7 Å². The molecule has 152 valence electrons. The normalized spacial score (nSPS) is 21.0. The van der Waals surface area contributed by atoms with Crippen molar-refractivity contribution in [1.29, 1.82) is 0 Å². The van der Waals surface area contributed by atoms with Gasteiger partial charge in [-0.15, -0.1) is 0 Å². The van der Waals surface area contributed by atoms with Gasteiger partial charge in [0.25, 0.3) is 0 Å². The van der Waals surface area contributed by atoms with Crippen LogP contribution in [0.15, 0.2) is 48.5 Å². The van der Waals surface area contributed by atoms with Gasteiger partial charge < -0.3 is 14.3 Å². The molecule has 1 fully saturated rings. The Hall–Kier alpha value is -2.86. The second kappa shape index (κ2) is 7.19. The summed E-state index contributed by atoms with van der Waals surface area (Å²) in [6.07, 6.45) is -0.113. The Morgan fingerprint density at radius 2 is 1.59 bits per heavy atom. The van der Waals surface area contributed by atoms with E-state index in [1.165, 1.54) is 16.0 Å². The van der Waals surface area contributed by atoms with E-state index in [0.717, 1.165) is 11.1 Å². The Kier molecular flexibility index (Phi) is 4.82. The van der Waals surface area contributed by atoms with Crippen LogP contribution in [-0.4, -0.2) is 72.9 Å². The maximum atomic E-state index is 12.8. The van der Waals surface area contributed by atoms with Crippen LogP contribution in [0.1, 0.15) is 23.5 Å². The summed E-state index contributed by atoms with van der Waals surface area (Å²) >= 11 is 0. The Balaban J connectivity index is 1.52. The predicted octanol–water partition coefficient (Wildman–Crippen LogP) is 3.17. The van der Waals surface area contributed by atoms with Crippen LogP contribution in [0.4, 0.5) is 4.79 Å². The fraction of sp³-hybridized carbons (Fsp3) is 0.391. The smallest absolute Gasteiger partial charge is 0.410 e. The van der Waals surface area contributed by atoms with Crippen molar-refractivity contribution in [3.63, 3.8) is 0 Å². The van der Waals surface area contributed by atoms with Crippen LogP contribution in [0.5, 0.6) is 0 Å². The summed E-state index contributed by atoms with van der Waals surface area (Å²) in [7, 11) is 6.06. The van der Waals surface area contributed by atoms with Crippen LogP contribution in [0.2, 0.25) is 0 Å². The molecule has 6 heteroatoms. The van der Waals surface area contributed by atoms with E-state index in [9.17, 15) is 14.7 Å². The van der Waals surface area contributed by atoms with E-state index in [1.54, 1.807) is 0 Å². The molecule has 1 aliphatic carbocycles. The van der Waals surface area contributed by atoms with Gasteiger partial charge in [-0.3, -0.25) is 4.90 Å². The van der Waals surface area contributed by atoms with E-state index in [2.05, 4.69) is 24.3 Å². The second-order valence-corrected chi connectivity index (χ2v) is 8.82. The van der Waals surface area contributed by atoms with Gasteiger partial charge in [0.1, 0.15) is 18.7 Å². The number of aliphatic carboxylic acids is 1. The summed E-state index contributed by atoms with van der Waals surface area (Å²) in [5.74, 6) is -1.01. The van der Waals surface area contributed by atoms with Gasteiger partial charge in [0, 0.05) is 12.3 Å². The number of amides is 1. The molecule has 2 aromatic rings. The summed E-state index contributed by atoms with van der Waals surface area (Å²) in [5, 5.41) is 9.60. The van der Waals surface area contributed by atoms with Crippen LogP contribution in [0, 0.1) is 0 Å². The zero-order valence-corrected chi connectivity index (χ0v) is 17.0. The molecule has 0 unspecified atom stereocenters. The number of likely N-dealkylation sites (N-methyl/N-ethyl adjacent to an activating group) is 1. The minimum Gasteiger partial charge on any atom is -0.480 e. The van der Waals surface area contributed by atoms with E-state index in [-0.39, 0.29) is 18.6 Å². The standard InChI is InChI=1S/C23H26N2O4/c1-25(2,3)15-12-21(22(26)27)24(13-15)23(28)29-14-20-18-10-6-4-8-16(18)17-9-5-7-11-19(17)20/h4-11,15,20-21H,12-14H2,1-3H3/p+1/t15-,21+/m0/s1. The first-order chi connectivity index (χ1) is 13.8. The molecule has 6 nitrogen and oxygen atoms in total. The van der Waals surface area contributed by atoms with E-state index < -0.39 is 18.1 Å². The van der Waals surface area contributed by atoms with E-state index in [4.69, 9.17) is 4.74 Å². The fourth-order valence-electron chi connectivity index (χ4n) is 4.49. The number of fused-ring (bicyclic) bond motifs is 3. The molecule has 1 saturated heterocycles. The molecule has 1 aliphatic heterocycles. The van der Waals surface area contributed by atoms with Crippen LogP contribution in [-0.2, 0) is 9.53 Å². The molecule has 4 rings (SSSR count). The highest BCUT2D eigenvalue weighted by Gasteiger charge is 2.46. The molecule has 0 aromatic heterocycles.